The van der Waals surface area contributed by atoms with Crippen molar-refractivity contribution in [3.05, 3.63) is 22.9 Å². The van der Waals surface area contributed by atoms with Gasteiger partial charge in [-0.2, -0.15) is 0 Å². The fraction of sp³-hybridized carbons (Fsp3) is 0.643. The van der Waals surface area contributed by atoms with Gasteiger partial charge in [-0.3, -0.25) is 0 Å². The summed E-state index contributed by atoms with van der Waals surface area (Å²) < 4.78 is 0. The average Bonchev–Trinajstić information content (AvgIpc) is 2.85. The smallest absolute Gasteiger partial charge is 0.133 e. The van der Waals surface area contributed by atoms with E-state index in [9.17, 15) is 0 Å². The Kier molecular flexibility index (Phi) is 3.22. The van der Waals surface area contributed by atoms with E-state index < -0.39 is 0 Å². The number of nitrogens with two attached hydrogens (primary N) is 1. The second kappa shape index (κ2) is 4.86. The molecule has 98 valence electrons. The van der Waals surface area contributed by atoms with Gasteiger partial charge in [0.1, 0.15) is 5.82 Å². The zero-order chi connectivity index (χ0) is 12.5. The quantitative estimate of drug-likeness (QED) is 0.837. The van der Waals surface area contributed by atoms with E-state index in [4.69, 9.17) is 10.7 Å². The Morgan fingerprint density at radius 1 is 1.22 bits per heavy atom. The van der Waals surface area contributed by atoms with Crippen molar-refractivity contribution in [1.29, 1.82) is 0 Å². The van der Waals surface area contributed by atoms with Crippen LogP contribution in [0.2, 0.25) is 0 Å². The number of fused-ring (bicyclic) bond motifs is 1. The molecule has 3 rings (SSSR count). The fourth-order valence-corrected chi connectivity index (χ4v) is 2.95. The van der Waals surface area contributed by atoms with Crippen LogP contribution in [-0.2, 0) is 19.4 Å². The number of likely N-dealkylation sites (N-methyl/N-ethyl adjacent to an activating group) is 1. The highest BCUT2D eigenvalue weighted by Crippen LogP contribution is 2.27. The van der Waals surface area contributed by atoms with E-state index in [2.05, 4.69) is 22.9 Å². The normalized spacial score (nSPS) is 20.2. The van der Waals surface area contributed by atoms with Crippen LogP contribution in [0, 0.1) is 0 Å². The van der Waals surface area contributed by atoms with E-state index in [0.717, 1.165) is 38.4 Å². The molecule has 1 aliphatic heterocycles. The van der Waals surface area contributed by atoms with E-state index in [1.165, 1.54) is 29.7 Å². The number of pyridine rings is 1. The van der Waals surface area contributed by atoms with Gasteiger partial charge in [0.15, 0.2) is 0 Å². The molecule has 0 radical (unpaired) electrons. The summed E-state index contributed by atoms with van der Waals surface area (Å²) in [5, 5.41) is 0. The summed E-state index contributed by atoms with van der Waals surface area (Å²) in [5.74, 6) is 1.14. The number of aromatic nitrogens is 1. The summed E-state index contributed by atoms with van der Waals surface area (Å²) in [6.45, 7) is 4.96. The Labute approximate surface area is 109 Å². The molecule has 0 atom stereocenters. The predicted molar refractivity (Wildman–Crippen MR) is 73.9 cm³/mol. The molecule has 1 fully saturated rings. The van der Waals surface area contributed by atoms with Gasteiger partial charge in [-0.25, -0.2) is 4.98 Å². The van der Waals surface area contributed by atoms with Crippen molar-refractivity contribution >= 4 is 5.82 Å². The highest BCUT2D eigenvalue weighted by Gasteiger charge is 2.21. The molecule has 1 saturated heterocycles. The molecule has 2 heterocycles. The van der Waals surface area contributed by atoms with Gasteiger partial charge in [0, 0.05) is 44.0 Å². The number of hydrogen-bond donors (Lipinski definition) is 1. The standard InChI is InChI=1S/C14H22N4/c1-17-5-7-18(8-6-17)14-12(10-15)9-11-3-2-4-13(11)16-14/h9H,2-8,10,15H2,1H3. The van der Waals surface area contributed by atoms with Crippen molar-refractivity contribution in [3.8, 4) is 0 Å². The largest absolute Gasteiger partial charge is 0.354 e. The third-order valence-electron chi connectivity index (χ3n) is 4.13. The zero-order valence-corrected chi connectivity index (χ0v) is 11.2. The van der Waals surface area contributed by atoms with Crippen molar-refractivity contribution in [2.75, 3.05) is 38.1 Å². The van der Waals surface area contributed by atoms with Crippen LogP contribution in [0.4, 0.5) is 5.82 Å². The molecule has 18 heavy (non-hydrogen) atoms. The van der Waals surface area contributed by atoms with E-state index >= 15 is 0 Å². The molecule has 1 aromatic heterocycles. The SMILES string of the molecule is CN1CCN(c2nc3c(cc2CN)CCC3)CC1. The van der Waals surface area contributed by atoms with Crippen molar-refractivity contribution in [2.45, 2.75) is 25.8 Å². The molecule has 0 bridgehead atoms. The minimum atomic E-state index is 0.599. The van der Waals surface area contributed by atoms with Crippen LogP contribution in [-0.4, -0.2) is 43.1 Å². The number of piperazine rings is 1. The highest BCUT2D eigenvalue weighted by atomic mass is 15.3. The van der Waals surface area contributed by atoms with Crippen LogP contribution < -0.4 is 10.6 Å². The van der Waals surface area contributed by atoms with Crippen LogP contribution in [0.5, 0.6) is 0 Å². The third-order valence-corrected chi connectivity index (χ3v) is 4.13. The van der Waals surface area contributed by atoms with Gasteiger partial charge in [-0.1, -0.05) is 0 Å². The number of nitrogens with zero attached hydrogens (tertiary/aromatic N) is 3. The first kappa shape index (κ1) is 11.9. The van der Waals surface area contributed by atoms with Crippen molar-refractivity contribution in [2.24, 2.45) is 5.73 Å². The second-order valence-corrected chi connectivity index (χ2v) is 5.42. The van der Waals surface area contributed by atoms with Crippen LogP contribution in [0.3, 0.4) is 0 Å². The molecule has 1 aliphatic carbocycles. The lowest BCUT2D eigenvalue weighted by atomic mass is 10.1. The zero-order valence-electron chi connectivity index (χ0n) is 11.2. The first-order valence-corrected chi connectivity index (χ1v) is 6.93. The molecule has 4 nitrogen and oxygen atoms in total. The molecule has 2 N–H and O–H groups in total. The van der Waals surface area contributed by atoms with Gasteiger partial charge < -0.3 is 15.5 Å². The van der Waals surface area contributed by atoms with Gasteiger partial charge >= 0.3 is 0 Å². The van der Waals surface area contributed by atoms with Gasteiger partial charge in [0.2, 0.25) is 0 Å². The Balaban J connectivity index is 1.90. The van der Waals surface area contributed by atoms with Crippen LogP contribution >= 0.6 is 0 Å². The number of hydrogen-bond acceptors (Lipinski definition) is 4. The summed E-state index contributed by atoms with van der Waals surface area (Å²) in [7, 11) is 2.18. The maximum atomic E-state index is 5.90. The van der Waals surface area contributed by atoms with Gasteiger partial charge in [0.05, 0.1) is 0 Å². The summed E-state index contributed by atoms with van der Waals surface area (Å²) >= 11 is 0. The minimum Gasteiger partial charge on any atom is -0.354 e. The van der Waals surface area contributed by atoms with Crippen molar-refractivity contribution in [1.82, 2.24) is 9.88 Å². The molecule has 4 heteroatoms. The van der Waals surface area contributed by atoms with Crippen LogP contribution in [0.25, 0.3) is 0 Å². The molecule has 1 aromatic rings. The topological polar surface area (TPSA) is 45.4 Å². The Hall–Kier alpha value is -1.13. The lowest BCUT2D eigenvalue weighted by Gasteiger charge is -2.34. The first-order chi connectivity index (χ1) is 8.78. The third kappa shape index (κ3) is 2.10. The Morgan fingerprint density at radius 2 is 2.00 bits per heavy atom. The van der Waals surface area contributed by atoms with Crippen molar-refractivity contribution < 1.29 is 0 Å². The maximum Gasteiger partial charge on any atom is 0.133 e. The van der Waals surface area contributed by atoms with E-state index in [1.54, 1.807) is 0 Å². The lowest BCUT2D eigenvalue weighted by Crippen LogP contribution is -2.45. The summed E-state index contributed by atoms with van der Waals surface area (Å²) in [5.41, 5.74) is 9.85. The van der Waals surface area contributed by atoms with E-state index in [1.807, 2.05) is 0 Å². The minimum absolute atomic E-state index is 0.599. The number of anilines is 1. The van der Waals surface area contributed by atoms with E-state index in [-0.39, 0.29) is 0 Å². The van der Waals surface area contributed by atoms with Crippen LogP contribution in [0.1, 0.15) is 23.2 Å². The number of aryl methyl sites for hydroxylation is 2. The van der Waals surface area contributed by atoms with Gasteiger partial charge in [-0.15, -0.1) is 0 Å². The average molecular weight is 246 g/mol. The highest BCUT2D eigenvalue weighted by molar-refractivity contribution is 5.51. The predicted octanol–water partition coefficient (Wildman–Crippen LogP) is 0.781. The first-order valence-electron chi connectivity index (χ1n) is 6.93. The molecule has 0 amide bonds. The molecular weight excluding hydrogens is 224 g/mol. The maximum absolute atomic E-state index is 5.90. The molecular formula is C14H22N4. The summed E-state index contributed by atoms with van der Waals surface area (Å²) in [4.78, 5) is 9.67. The van der Waals surface area contributed by atoms with Crippen LogP contribution in [0.15, 0.2) is 6.07 Å². The fourth-order valence-electron chi connectivity index (χ4n) is 2.95. The van der Waals surface area contributed by atoms with Gasteiger partial charge in [0.25, 0.3) is 0 Å². The Bertz CT molecular complexity index is 436. The molecule has 0 saturated carbocycles. The Morgan fingerprint density at radius 3 is 2.72 bits per heavy atom. The number of rotatable bonds is 2. The lowest BCUT2D eigenvalue weighted by molar-refractivity contribution is 0.311. The molecule has 0 aromatic carbocycles. The summed E-state index contributed by atoms with van der Waals surface area (Å²) in [6, 6.07) is 2.29. The monoisotopic (exact) mass is 246 g/mol. The van der Waals surface area contributed by atoms with Gasteiger partial charge in [-0.05, 0) is 37.9 Å². The summed E-state index contributed by atoms with van der Waals surface area (Å²) in [6.07, 6.45) is 3.57. The second-order valence-electron chi connectivity index (χ2n) is 5.42. The van der Waals surface area contributed by atoms with Crippen molar-refractivity contribution in [3.63, 3.8) is 0 Å². The molecule has 2 aliphatic rings. The molecule has 0 unspecified atom stereocenters. The van der Waals surface area contributed by atoms with E-state index in [0.29, 0.717) is 6.54 Å². The molecule has 0 spiro atoms.